The van der Waals surface area contributed by atoms with Gasteiger partial charge in [0.2, 0.25) is 5.88 Å². The number of methoxy groups -OCH3 is 1. The Bertz CT molecular complexity index is 1260. The van der Waals surface area contributed by atoms with Gasteiger partial charge in [0.1, 0.15) is 11.4 Å². The standard InChI is InChI=1S/C24H25N5O3/c1-4-32-23-13-20(24(30)29(27-23)15-18-8-6-5-7-9-18)26-19-10-11-21(22(12-19)31-3)28-14-17(2)25-16-28/h5-14,16,26H,4,15H2,1-3H3. The smallest absolute Gasteiger partial charge is 0.291 e. The van der Waals surface area contributed by atoms with Crippen molar-refractivity contribution in [2.45, 2.75) is 20.4 Å². The van der Waals surface area contributed by atoms with Crippen LogP contribution in [0, 0.1) is 6.92 Å². The molecule has 0 saturated carbocycles. The van der Waals surface area contributed by atoms with Crippen LogP contribution in [0.1, 0.15) is 18.2 Å². The highest BCUT2D eigenvalue weighted by Gasteiger charge is 2.13. The molecule has 32 heavy (non-hydrogen) atoms. The minimum absolute atomic E-state index is 0.245. The molecular weight excluding hydrogens is 406 g/mol. The predicted octanol–water partition coefficient (Wildman–Crippen LogP) is 3.94. The number of hydrogen-bond donors (Lipinski definition) is 1. The summed E-state index contributed by atoms with van der Waals surface area (Å²) in [5.74, 6) is 1.03. The molecule has 1 N–H and O–H groups in total. The summed E-state index contributed by atoms with van der Waals surface area (Å²) in [5.41, 5.74) is 3.57. The monoisotopic (exact) mass is 431 g/mol. The number of ether oxygens (including phenoxy) is 2. The molecule has 0 amide bonds. The van der Waals surface area contributed by atoms with Gasteiger partial charge in [-0.15, -0.1) is 5.10 Å². The minimum atomic E-state index is -0.245. The number of aromatic nitrogens is 4. The molecule has 0 spiro atoms. The van der Waals surface area contributed by atoms with E-state index in [0.29, 0.717) is 36.2 Å². The quantitative estimate of drug-likeness (QED) is 0.455. The minimum Gasteiger partial charge on any atom is -0.494 e. The second kappa shape index (κ2) is 9.38. The highest BCUT2D eigenvalue weighted by molar-refractivity contribution is 5.65. The molecule has 2 aromatic carbocycles. The summed E-state index contributed by atoms with van der Waals surface area (Å²) in [5, 5.41) is 7.55. The number of anilines is 2. The first-order chi connectivity index (χ1) is 15.6. The number of nitrogens with one attached hydrogen (secondary N) is 1. The van der Waals surface area contributed by atoms with Crippen molar-refractivity contribution in [2.75, 3.05) is 19.0 Å². The van der Waals surface area contributed by atoms with Crippen LogP contribution in [0.4, 0.5) is 11.4 Å². The first-order valence-electron chi connectivity index (χ1n) is 10.3. The molecule has 8 nitrogen and oxygen atoms in total. The highest BCUT2D eigenvalue weighted by Crippen LogP contribution is 2.28. The summed E-state index contributed by atoms with van der Waals surface area (Å²) < 4.78 is 14.5. The van der Waals surface area contributed by atoms with Crippen LogP contribution in [-0.4, -0.2) is 33.0 Å². The van der Waals surface area contributed by atoms with Gasteiger partial charge in [-0.1, -0.05) is 30.3 Å². The third-order valence-corrected chi connectivity index (χ3v) is 4.87. The predicted molar refractivity (Wildman–Crippen MR) is 123 cm³/mol. The summed E-state index contributed by atoms with van der Waals surface area (Å²) in [6.07, 6.45) is 3.66. The molecule has 4 rings (SSSR count). The number of hydrogen-bond acceptors (Lipinski definition) is 6. The van der Waals surface area contributed by atoms with Gasteiger partial charge in [0.25, 0.3) is 5.56 Å². The first-order valence-corrected chi connectivity index (χ1v) is 10.3. The summed E-state index contributed by atoms with van der Waals surface area (Å²) in [6.45, 7) is 4.60. The van der Waals surface area contributed by atoms with E-state index in [1.807, 2.05) is 73.1 Å². The molecule has 4 aromatic rings. The van der Waals surface area contributed by atoms with E-state index in [-0.39, 0.29) is 5.56 Å². The Morgan fingerprint density at radius 1 is 1.09 bits per heavy atom. The van der Waals surface area contributed by atoms with Crippen LogP contribution < -0.4 is 20.3 Å². The lowest BCUT2D eigenvalue weighted by atomic mass is 10.2. The van der Waals surface area contributed by atoms with Crippen molar-refractivity contribution in [3.05, 3.63) is 88.7 Å². The molecule has 0 aliphatic rings. The Labute approximate surface area is 186 Å². The third kappa shape index (κ3) is 4.64. The van der Waals surface area contributed by atoms with Crippen LogP contribution in [0.25, 0.3) is 5.69 Å². The van der Waals surface area contributed by atoms with Gasteiger partial charge in [0.05, 0.1) is 38.0 Å². The molecule has 0 bridgehead atoms. The Morgan fingerprint density at radius 3 is 2.59 bits per heavy atom. The van der Waals surface area contributed by atoms with Crippen molar-refractivity contribution in [1.82, 2.24) is 19.3 Å². The summed E-state index contributed by atoms with van der Waals surface area (Å²) >= 11 is 0. The lowest BCUT2D eigenvalue weighted by Gasteiger charge is -2.14. The van der Waals surface area contributed by atoms with Gasteiger partial charge in [0, 0.05) is 24.0 Å². The van der Waals surface area contributed by atoms with E-state index in [4.69, 9.17) is 9.47 Å². The lowest BCUT2D eigenvalue weighted by molar-refractivity contribution is 0.315. The van der Waals surface area contributed by atoms with Gasteiger partial charge in [-0.05, 0) is 31.5 Å². The Balaban J connectivity index is 1.68. The average molecular weight is 431 g/mol. The van der Waals surface area contributed by atoms with Gasteiger partial charge < -0.3 is 19.4 Å². The molecule has 0 radical (unpaired) electrons. The van der Waals surface area contributed by atoms with Crippen molar-refractivity contribution in [1.29, 1.82) is 0 Å². The Morgan fingerprint density at radius 2 is 1.91 bits per heavy atom. The zero-order chi connectivity index (χ0) is 22.5. The van der Waals surface area contributed by atoms with Gasteiger partial charge in [-0.3, -0.25) is 4.79 Å². The largest absolute Gasteiger partial charge is 0.494 e. The van der Waals surface area contributed by atoms with E-state index in [2.05, 4.69) is 15.4 Å². The maximum absolute atomic E-state index is 13.1. The van der Waals surface area contributed by atoms with Crippen molar-refractivity contribution in [3.63, 3.8) is 0 Å². The number of rotatable bonds is 8. The first kappa shape index (κ1) is 21.2. The SMILES string of the molecule is CCOc1cc(Nc2ccc(-n3cnc(C)c3)c(OC)c2)c(=O)n(Cc2ccccc2)n1. The maximum Gasteiger partial charge on any atom is 0.291 e. The number of nitrogens with zero attached hydrogens (tertiary/aromatic N) is 4. The molecule has 0 fully saturated rings. The van der Waals surface area contributed by atoms with E-state index < -0.39 is 0 Å². The molecule has 0 aliphatic carbocycles. The van der Waals surface area contributed by atoms with Crippen LogP contribution in [0.5, 0.6) is 11.6 Å². The molecule has 164 valence electrons. The van der Waals surface area contributed by atoms with E-state index in [0.717, 1.165) is 16.9 Å². The molecule has 0 aliphatic heterocycles. The molecule has 0 saturated heterocycles. The third-order valence-electron chi connectivity index (χ3n) is 4.87. The summed E-state index contributed by atoms with van der Waals surface area (Å²) in [4.78, 5) is 17.4. The molecule has 8 heteroatoms. The molecule has 2 aromatic heterocycles. The fourth-order valence-electron chi connectivity index (χ4n) is 3.37. The zero-order valence-corrected chi connectivity index (χ0v) is 18.3. The maximum atomic E-state index is 13.1. The number of imidazole rings is 1. The second-order valence-electron chi connectivity index (χ2n) is 7.21. The van der Waals surface area contributed by atoms with Gasteiger partial charge in [0.15, 0.2) is 0 Å². The second-order valence-corrected chi connectivity index (χ2v) is 7.21. The summed E-state index contributed by atoms with van der Waals surface area (Å²) in [6, 6.07) is 17.0. The van der Waals surface area contributed by atoms with Gasteiger partial charge in [-0.2, -0.15) is 0 Å². The van der Waals surface area contributed by atoms with Gasteiger partial charge in [-0.25, -0.2) is 9.67 Å². The van der Waals surface area contributed by atoms with Gasteiger partial charge >= 0.3 is 0 Å². The van der Waals surface area contributed by atoms with Crippen LogP contribution >= 0.6 is 0 Å². The van der Waals surface area contributed by atoms with Crippen LogP contribution in [0.15, 0.2) is 71.9 Å². The van der Waals surface area contributed by atoms with Crippen molar-refractivity contribution >= 4 is 11.4 Å². The fourth-order valence-corrected chi connectivity index (χ4v) is 3.37. The summed E-state index contributed by atoms with van der Waals surface area (Å²) in [7, 11) is 1.61. The average Bonchev–Trinajstić information content (AvgIpc) is 3.23. The molecule has 2 heterocycles. The molecular formula is C24H25N5O3. The van der Waals surface area contributed by atoms with E-state index in [9.17, 15) is 4.79 Å². The van der Waals surface area contributed by atoms with Crippen molar-refractivity contribution < 1.29 is 9.47 Å². The zero-order valence-electron chi connectivity index (χ0n) is 18.3. The Kier molecular flexibility index (Phi) is 6.21. The van der Waals surface area contributed by atoms with Crippen molar-refractivity contribution in [3.8, 4) is 17.3 Å². The normalized spacial score (nSPS) is 10.7. The van der Waals surface area contributed by atoms with Crippen LogP contribution in [0.3, 0.4) is 0 Å². The van der Waals surface area contributed by atoms with Crippen LogP contribution in [-0.2, 0) is 6.54 Å². The van der Waals surface area contributed by atoms with E-state index >= 15 is 0 Å². The number of benzene rings is 2. The van der Waals surface area contributed by atoms with E-state index in [1.54, 1.807) is 19.5 Å². The van der Waals surface area contributed by atoms with Crippen LogP contribution in [0.2, 0.25) is 0 Å². The van der Waals surface area contributed by atoms with E-state index in [1.165, 1.54) is 4.68 Å². The molecule has 0 atom stereocenters. The Hall–Kier alpha value is -4.07. The lowest BCUT2D eigenvalue weighted by Crippen LogP contribution is -2.26. The number of aryl methyl sites for hydroxylation is 1. The highest BCUT2D eigenvalue weighted by atomic mass is 16.5. The van der Waals surface area contributed by atoms with Crippen molar-refractivity contribution in [2.24, 2.45) is 0 Å². The molecule has 0 unspecified atom stereocenters. The topological polar surface area (TPSA) is 83.2 Å². The fraction of sp³-hybridized carbons (Fsp3) is 0.208.